The van der Waals surface area contributed by atoms with Crippen molar-refractivity contribution >= 4 is 16.6 Å². The van der Waals surface area contributed by atoms with Gasteiger partial charge in [0.15, 0.2) is 11.5 Å². The van der Waals surface area contributed by atoms with Crippen molar-refractivity contribution in [3.63, 3.8) is 0 Å². The third-order valence-electron chi connectivity index (χ3n) is 4.41. The molecule has 4 rings (SSSR count). The summed E-state index contributed by atoms with van der Waals surface area (Å²) in [6.07, 6.45) is 2.81. The SMILES string of the molecule is CN1CCN(c2nccc3cc4c(cc23)OCCCO4)CC1. The molecule has 5 nitrogen and oxygen atoms in total. The molecule has 0 amide bonds. The molecule has 0 radical (unpaired) electrons. The van der Waals surface area contributed by atoms with Gasteiger partial charge in [-0.25, -0.2) is 4.98 Å². The molecular weight excluding hydrogens is 278 g/mol. The zero-order valence-corrected chi connectivity index (χ0v) is 12.9. The average Bonchev–Trinajstić information content (AvgIpc) is 2.78. The number of rotatable bonds is 1. The van der Waals surface area contributed by atoms with E-state index in [1.165, 1.54) is 0 Å². The lowest BCUT2D eigenvalue weighted by Crippen LogP contribution is -2.44. The molecule has 1 saturated heterocycles. The number of hydrogen-bond donors (Lipinski definition) is 0. The average molecular weight is 299 g/mol. The lowest BCUT2D eigenvalue weighted by atomic mass is 10.1. The number of benzene rings is 1. The van der Waals surface area contributed by atoms with Crippen LogP contribution in [0.15, 0.2) is 24.4 Å². The molecule has 0 aliphatic carbocycles. The maximum Gasteiger partial charge on any atom is 0.161 e. The molecule has 0 N–H and O–H groups in total. The minimum absolute atomic E-state index is 0.711. The third-order valence-corrected chi connectivity index (χ3v) is 4.41. The van der Waals surface area contributed by atoms with Gasteiger partial charge in [-0.1, -0.05) is 0 Å². The summed E-state index contributed by atoms with van der Waals surface area (Å²) in [5.74, 6) is 2.75. The van der Waals surface area contributed by atoms with Crippen molar-refractivity contribution in [1.29, 1.82) is 0 Å². The van der Waals surface area contributed by atoms with Crippen molar-refractivity contribution in [3.05, 3.63) is 24.4 Å². The van der Waals surface area contributed by atoms with E-state index in [-0.39, 0.29) is 0 Å². The summed E-state index contributed by atoms with van der Waals surface area (Å²) >= 11 is 0. The van der Waals surface area contributed by atoms with Crippen LogP contribution in [-0.2, 0) is 0 Å². The molecule has 0 spiro atoms. The quantitative estimate of drug-likeness (QED) is 0.806. The molecule has 116 valence electrons. The van der Waals surface area contributed by atoms with Gasteiger partial charge in [-0.05, 0) is 30.6 Å². The fourth-order valence-corrected chi connectivity index (χ4v) is 3.08. The van der Waals surface area contributed by atoms with Crippen LogP contribution in [0.1, 0.15) is 6.42 Å². The molecule has 5 heteroatoms. The highest BCUT2D eigenvalue weighted by molar-refractivity contribution is 5.94. The van der Waals surface area contributed by atoms with Gasteiger partial charge in [0.1, 0.15) is 5.82 Å². The molecule has 0 unspecified atom stereocenters. The largest absolute Gasteiger partial charge is 0.490 e. The Labute approximate surface area is 130 Å². The molecule has 1 aromatic heterocycles. The van der Waals surface area contributed by atoms with E-state index in [1.54, 1.807) is 0 Å². The first-order valence-electron chi connectivity index (χ1n) is 7.93. The fraction of sp³-hybridized carbons (Fsp3) is 0.471. The summed E-state index contributed by atoms with van der Waals surface area (Å²) in [4.78, 5) is 9.36. The van der Waals surface area contributed by atoms with Crippen molar-refractivity contribution in [1.82, 2.24) is 9.88 Å². The molecule has 1 aromatic carbocycles. The van der Waals surface area contributed by atoms with Crippen molar-refractivity contribution < 1.29 is 9.47 Å². The molecular formula is C17H21N3O2. The first kappa shape index (κ1) is 13.6. The van der Waals surface area contributed by atoms with Crippen LogP contribution in [0.2, 0.25) is 0 Å². The summed E-state index contributed by atoms with van der Waals surface area (Å²) in [6, 6.07) is 6.22. The Kier molecular flexibility index (Phi) is 3.50. The predicted octanol–water partition coefficient (Wildman–Crippen LogP) is 2.15. The number of piperazine rings is 1. The number of likely N-dealkylation sites (N-methyl/N-ethyl adjacent to an activating group) is 1. The predicted molar refractivity (Wildman–Crippen MR) is 87.1 cm³/mol. The summed E-state index contributed by atoms with van der Waals surface area (Å²) < 4.78 is 11.6. The van der Waals surface area contributed by atoms with Gasteiger partial charge in [0.05, 0.1) is 13.2 Å². The number of ether oxygens (including phenoxy) is 2. The van der Waals surface area contributed by atoms with Gasteiger partial charge in [-0.3, -0.25) is 0 Å². The Morgan fingerprint density at radius 3 is 2.50 bits per heavy atom. The van der Waals surface area contributed by atoms with Crippen LogP contribution >= 0.6 is 0 Å². The second kappa shape index (κ2) is 5.65. The number of fused-ring (bicyclic) bond motifs is 2. The van der Waals surface area contributed by atoms with Crippen molar-refractivity contribution in [2.24, 2.45) is 0 Å². The fourth-order valence-electron chi connectivity index (χ4n) is 3.08. The van der Waals surface area contributed by atoms with E-state index < -0.39 is 0 Å². The van der Waals surface area contributed by atoms with E-state index >= 15 is 0 Å². The van der Waals surface area contributed by atoms with Crippen LogP contribution in [0, 0.1) is 0 Å². The second-order valence-corrected chi connectivity index (χ2v) is 6.00. The second-order valence-electron chi connectivity index (χ2n) is 6.00. The molecule has 3 heterocycles. The normalized spacial score (nSPS) is 19.2. The van der Waals surface area contributed by atoms with Gasteiger partial charge in [0.25, 0.3) is 0 Å². The van der Waals surface area contributed by atoms with Crippen LogP contribution in [-0.4, -0.2) is 56.3 Å². The Balaban J connectivity index is 1.77. The van der Waals surface area contributed by atoms with E-state index in [0.29, 0.717) is 6.61 Å². The van der Waals surface area contributed by atoms with Gasteiger partial charge >= 0.3 is 0 Å². The minimum Gasteiger partial charge on any atom is -0.490 e. The van der Waals surface area contributed by atoms with Gasteiger partial charge in [-0.15, -0.1) is 0 Å². The van der Waals surface area contributed by atoms with Gasteiger partial charge in [-0.2, -0.15) is 0 Å². The summed E-state index contributed by atoms with van der Waals surface area (Å²) in [7, 11) is 2.17. The van der Waals surface area contributed by atoms with E-state index in [2.05, 4.69) is 34.0 Å². The number of aromatic nitrogens is 1. The summed E-state index contributed by atoms with van der Waals surface area (Å²) in [6.45, 7) is 5.59. The van der Waals surface area contributed by atoms with Gasteiger partial charge < -0.3 is 19.3 Å². The van der Waals surface area contributed by atoms with E-state index in [1.807, 2.05) is 12.3 Å². The van der Waals surface area contributed by atoms with Crippen LogP contribution in [0.3, 0.4) is 0 Å². The van der Waals surface area contributed by atoms with Crippen LogP contribution in [0.4, 0.5) is 5.82 Å². The molecule has 2 aliphatic heterocycles. The summed E-state index contributed by atoms with van der Waals surface area (Å²) in [5.41, 5.74) is 0. The Morgan fingerprint density at radius 1 is 1.00 bits per heavy atom. The van der Waals surface area contributed by atoms with Crippen molar-refractivity contribution in [2.75, 3.05) is 51.3 Å². The smallest absolute Gasteiger partial charge is 0.161 e. The lowest BCUT2D eigenvalue weighted by molar-refractivity contribution is 0.297. The zero-order chi connectivity index (χ0) is 14.9. The van der Waals surface area contributed by atoms with Gasteiger partial charge in [0.2, 0.25) is 0 Å². The zero-order valence-electron chi connectivity index (χ0n) is 12.9. The van der Waals surface area contributed by atoms with E-state index in [4.69, 9.17) is 9.47 Å². The van der Waals surface area contributed by atoms with Gasteiger partial charge in [0, 0.05) is 44.2 Å². The van der Waals surface area contributed by atoms with Crippen LogP contribution in [0.25, 0.3) is 10.8 Å². The Bertz CT molecular complexity index is 681. The number of pyridine rings is 1. The van der Waals surface area contributed by atoms with Crippen LogP contribution < -0.4 is 14.4 Å². The Morgan fingerprint density at radius 2 is 1.73 bits per heavy atom. The highest BCUT2D eigenvalue weighted by Gasteiger charge is 2.19. The first-order valence-corrected chi connectivity index (χ1v) is 7.93. The van der Waals surface area contributed by atoms with Crippen molar-refractivity contribution in [2.45, 2.75) is 6.42 Å². The molecule has 2 aromatic rings. The van der Waals surface area contributed by atoms with Crippen molar-refractivity contribution in [3.8, 4) is 11.5 Å². The third kappa shape index (κ3) is 2.46. The highest BCUT2D eigenvalue weighted by atomic mass is 16.5. The first-order chi connectivity index (χ1) is 10.8. The van der Waals surface area contributed by atoms with Crippen LogP contribution in [0.5, 0.6) is 11.5 Å². The molecule has 2 aliphatic rings. The van der Waals surface area contributed by atoms with E-state index in [9.17, 15) is 0 Å². The van der Waals surface area contributed by atoms with E-state index in [0.717, 1.165) is 67.3 Å². The molecule has 0 bridgehead atoms. The standard InChI is InChI=1S/C17H21N3O2/c1-19-5-7-20(8-6-19)17-14-12-16-15(21-9-2-10-22-16)11-13(14)3-4-18-17/h3-4,11-12H,2,5-10H2,1H3. The minimum atomic E-state index is 0.711. The maximum absolute atomic E-state index is 5.84. The highest BCUT2D eigenvalue weighted by Crippen LogP contribution is 2.37. The number of hydrogen-bond acceptors (Lipinski definition) is 5. The Hall–Kier alpha value is -2.01. The molecule has 0 atom stereocenters. The lowest BCUT2D eigenvalue weighted by Gasteiger charge is -2.33. The number of anilines is 1. The maximum atomic E-state index is 5.84. The molecule has 22 heavy (non-hydrogen) atoms. The monoisotopic (exact) mass is 299 g/mol. The summed E-state index contributed by atoms with van der Waals surface area (Å²) in [5, 5.41) is 2.31. The topological polar surface area (TPSA) is 37.8 Å². The molecule has 1 fully saturated rings. The molecule has 0 saturated carbocycles. The number of nitrogens with zero attached hydrogens (tertiary/aromatic N) is 3.